The van der Waals surface area contributed by atoms with E-state index in [-0.39, 0.29) is 0 Å². The second-order valence-electron chi connectivity index (χ2n) is 4.49. The maximum Gasteiger partial charge on any atom is 0.122 e. The number of ether oxygens (including phenoxy) is 1. The zero-order valence-corrected chi connectivity index (χ0v) is 11.4. The zero-order valence-electron chi connectivity index (χ0n) is 9.82. The molecule has 1 aromatic rings. The van der Waals surface area contributed by atoms with Gasteiger partial charge in [-0.3, -0.25) is 0 Å². The lowest BCUT2D eigenvalue weighted by Gasteiger charge is -2.25. The van der Waals surface area contributed by atoms with Gasteiger partial charge in [0.1, 0.15) is 5.75 Å². The fourth-order valence-corrected chi connectivity index (χ4v) is 2.52. The maximum absolute atomic E-state index is 5.69. The van der Waals surface area contributed by atoms with Crippen LogP contribution in [0.3, 0.4) is 0 Å². The van der Waals surface area contributed by atoms with Crippen LogP contribution in [0.25, 0.3) is 0 Å². The zero-order chi connectivity index (χ0) is 11.5. The Kier molecular flexibility index (Phi) is 3.87. The molecule has 0 amide bonds. The highest BCUT2D eigenvalue weighted by Crippen LogP contribution is 2.33. The highest BCUT2D eigenvalue weighted by Gasteiger charge is 2.25. The molecule has 16 heavy (non-hydrogen) atoms. The van der Waals surface area contributed by atoms with Crippen molar-refractivity contribution in [2.24, 2.45) is 0 Å². The Morgan fingerprint density at radius 2 is 2.25 bits per heavy atom. The quantitative estimate of drug-likeness (QED) is 0.788. The highest BCUT2D eigenvalue weighted by molar-refractivity contribution is 9.09. The molecule has 2 atom stereocenters. The standard InChI is InChI=1S/C13H18BrNO/c1-10(7-14)15(2)8-11-9-16-13-6-4-3-5-12(11)13/h3-6,10-11H,7-9H2,1-2H3. The summed E-state index contributed by atoms with van der Waals surface area (Å²) in [6.45, 7) is 4.11. The molecular weight excluding hydrogens is 266 g/mol. The van der Waals surface area contributed by atoms with Crippen LogP contribution in [0.2, 0.25) is 0 Å². The average molecular weight is 284 g/mol. The number of hydrogen-bond donors (Lipinski definition) is 0. The van der Waals surface area contributed by atoms with Gasteiger partial charge in [-0.05, 0) is 20.0 Å². The second-order valence-corrected chi connectivity index (χ2v) is 5.14. The van der Waals surface area contributed by atoms with Gasteiger partial charge < -0.3 is 9.64 Å². The molecule has 0 aromatic heterocycles. The number of benzene rings is 1. The van der Waals surface area contributed by atoms with Crippen molar-refractivity contribution in [2.75, 3.05) is 25.5 Å². The smallest absolute Gasteiger partial charge is 0.122 e. The SMILES string of the molecule is CC(CBr)N(C)CC1COc2ccccc21. The van der Waals surface area contributed by atoms with E-state index in [0.717, 1.165) is 24.2 Å². The van der Waals surface area contributed by atoms with Crippen molar-refractivity contribution in [2.45, 2.75) is 18.9 Å². The van der Waals surface area contributed by atoms with E-state index in [2.05, 4.69) is 53.0 Å². The van der Waals surface area contributed by atoms with Crippen molar-refractivity contribution < 1.29 is 4.74 Å². The number of rotatable bonds is 4. The molecule has 2 unspecified atom stereocenters. The summed E-state index contributed by atoms with van der Waals surface area (Å²) in [7, 11) is 2.17. The van der Waals surface area contributed by atoms with Crippen LogP contribution in [0.4, 0.5) is 0 Å². The van der Waals surface area contributed by atoms with Gasteiger partial charge in [0.25, 0.3) is 0 Å². The van der Waals surface area contributed by atoms with Crippen LogP contribution in [0.1, 0.15) is 18.4 Å². The van der Waals surface area contributed by atoms with E-state index in [4.69, 9.17) is 4.74 Å². The van der Waals surface area contributed by atoms with E-state index in [1.165, 1.54) is 5.56 Å². The molecule has 0 saturated heterocycles. The molecule has 1 heterocycles. The van der Waals surface area contributed by atoms with Crippen molar-refractivity contribution in [3.8, 4) is 5.75 Å². The Balaban J connectivity index is 2.03. The number of alkyl halides is 1. The number of hydrogen-bond acceptors (Lipinski definition) is 2. The number of likely N-dealkylation sites (N-methyl/N-ethyl adjacent to an activating group) is 1. The van der Waals surface area contributed by atoms with Crippen molar-refractivity contribution >= 4 is 15.9 Å². The normalized spacial score (nSPS) is 20.6. The van der Waals surface area contributed by atoms with Crippen LogP contribution in [0.5, 0.6) is 5.75 Å². The molecule has 0 aliphatic carbocycles. The maximum atomic E-state index is 5.69. The minimum atomic E-state index is 0.516. The summed E-state index contributed by atoms with van der Waals surface area (Å²) < 4.78 is 5.69. The first-order chi connectivity index (χ1) is 7.72. The van der Waals surface area contributed by atoms with Crippen molar-refractivity contribution in [3.63, 3.8) is 0 Å². The summed E-state index contributed by atoms with van der Waals surface area (Å²) in [5.41, 5.74) is 1.36. The second kappa shape index (κ2) is 5.19. The van der Waals surface area contributed by atoms with E-state index >= 15 is 0 Å². The predicted octanol–water partition coefficient (Wildman–Crippen LogP) is 2.88. The van der Waals surface area contributed by atoms with E-state index in [0.29, 0.717) is 12.0 Å². The Labute approximate surface area is 106 Å². The molecule has 1 aromatic carbocycles. The third kappa shape index (κ3) is 2.41. The third-order valence-electron chi connectivity index (χ3n) is 3.28. The largest absolute Gasteiger partial charge is 0.493 e. The molecule has 0 radical (unpaired) electrons. The summed E-state index contributed by atoms with van der Waals surface area (Å²) >= 11 is 3.52. The molecule has 0 bridgehead atoms. The molecule has 2 nitrogen and oxygen atoms in total. The number of para-hydroxylation sites is 1. The van der Waals surface area contributed by atoms with Gasteiger partial charge in [0.2, 0.25) is 0 Å². The van der Waals surface area contributed by atoms with E-state index in [9.17, 15) is 0 Å². The van der Waals surface area contributed by atoms with Gasteiger partial charge >= 0.3 is 0 Å². The number of nitrogens with zero attached hydrogens (tertiary/aromatic N) is 1. The molecule has 2 rings (SSSR count). The lowest BCUT2D eigenvalue weighted by Crippen LogP contribution is -2.34. The number of halogens is 1. The van der Waals surface area contributed by atoms with Crippen LogP contribution in [-0.4, -0.2) is 36.5 Å². The molecular formula is C13H18BrNO. The third-order valence-corrected chi connectivity index (χ3v) is 4.22. The molecule has 1 aliphatic heterocycles. The van der Waals surface area contributed by atoms with Crippen LogP contribution in [0, 0.1) is 0 Å². The predicted molar refractivity (Wildman–Crippen MR) is 70.6 cm³/mol. The first kappa shape index (κ1) is 11.9. The Bertz CT molecular complexity index is 356. The molecule has 0 spiro atoms. The Hall–Kier alpha value is -0.540. The summed E-state index contributed by atoms with van der Waals surface area (Å²) in [6.07, 6.45) is 0. The van der Waals surface area contributed by atoms with Gasteiger partial charge in [-0.15, -0.1) is 0 Å². The molecule has 88 valence electrons. The van der Waals surface area contributed by atoms with E-state index in [1.54, 1.807) is 0 Å². The molecule has 0 N–H and O–H groups in total. The molecule has 3 heteroatoms. The minimum Gasteiger partial charge on any atom is -0.493 e. The van der Waals surface area contributed by atoms with Crippen LogP contribution in [0.15, 0.2) is 24.3 Å². The van der Waals surface area contributed by atoms with E-state index < -0.39 is 0 Å². The first-order valence-electron chi connectivity index (χ1n) is 5.70. The topological polar surface area (TPSA) is 12.5 Å². The van der Waals surface area contributed by atoms with Crippen molar-refractivity contribution in [3.05, 3.63) is 29.8 Å². The van der Waals surface area contributed by atoms with Gasteiger partial charge in [-0.2, -0.15) is 0 Å². The first-order valence-corrected chi connectivity index (χ1v) is 6.82. The lowest BCUT2D eigenvalue weighted by molar-refractivity contribution is 0.236. The van der Waals surface area contributed by atoms with Crippen LogP contribution in [-0.2, 0) is 0 Å². The average Bonchev–Trinajstić information content (AvgIpc) is 2.72. The molecule has 1 aliphatic rings. The van der Waals surface area contributed by atoms with Gasteiger partial charge in [-0.1, -0.05) is 34.1 Å². The fourth-order valence-electron chi connectivity index (χ4n) is 2.03. The van der Waals surface area contributed by atoms with Crippen molar-refractivity contribution in [1.29, 1.82) is 0 Å². The highest BCUT2D eigenvalue weighted by atomic mass is 79.9. The summed E-state index contributed by atoms with van der Waals surface area (Å²) in [5, 5.41) is 1.01. The van der Waals surface area contributed by atoms with Gasteiger partial charge in [0.15, 0.2) is 0 Å². The Morgan fingerprint density at radius 3 is 3.00 bits per heavy atom. The fraction of sp³-hybridized carbons (Fsp3) is 0.538. The molecule has 0 saturated carbocycles. The van der Waals surface area contributed by atoms with Gasteiger partial charge in [0, 0.05) is 29.4 Å². The summed E-state index contributed by atoms with van der Waals surface area (Å²) in [4.78, 5) is 2.38. The summed E-state index contributed by atoms with van der Waals surface area (Å²) in [5.74, 6) is 1.58. The van der Waals surface area contributed by atoms with Gasteiger partial charge in [-0.25, -0.2) is 0 Å². The van der Waals surface area contributed by atoms with Crippen molar-refractivity contribution in [1.82, 2.24) is 4.90 Å². The van der Waals surface area contributed by atoms with Crippen LogP contribution < -0.4 is 4.74 Å². The monoisotopic (exact) mass is 283 g/mol. The summed E-state index contributed by atoms with van der Waals surface area (Å²) in [6, 6.07) is 8.93. The molecule has 0 fully saturated rings. The number of fused-ring (bicyclic) bond motifs is 1. The Morgan fingerprint density at radius 1 is 1.50 bits per heavy atom. The van der Waals surface area contributed by atoms with Crippen LogP contribution >= 0.6 is 15.9 Å². The lowest BCUT2D eigenvalue weighted by atomic mass is 10.0. The van der Waals surface area contributed by atoms with Gasteiger partial charge in [0.05, 0.1) is 6.61 Å². The van der Waals surface area contributed by atoms with E-state index in [1.807, 2.05) is 6.07 Å². The minimum absolute atomic E-state index is 0.516.